The summed E-state index contributed by atoms with van der Waals surface area (Å²) in [5.74, 6) is -3.78. The molecule has 2 aliphatic rings. The first-order valence-corrected chi connectivity index (χ1v) is 11.8. The number of ether oxygens (including phenoxy) is 1. The van der Waals surface area contributed by atoms with Crippen molar-refractivity contribution in [2.24, 2.45) is 0 Å². The number of aromatic nitrogens is 3. The van der Waals surface area contributed by atoms with Crippen LogP contribution in [-0.4, -0.2) is 27.3 Å². The van der Waals surface area contributed by atoms with E-state index in [1.54, 1.807) is 6.07 Å². The average molecular weight is 496 g/mol. The smallest absolute Gasteiger partial charge is 0.249 e. The second-order valence-electron chi connectivity index (χ2n) is 9.28. The largest absolute Gasteiger partial charge is 0.356 e. The predicted molar refractivity (Wildman–Crippen MR) is 126 cm³/mol. The molecule has 2 fully saturated rings. The van der Waals surface area contributed by atoms with Gasteiger partial charge in [-0.3, -0.25) is 4.79 Å². The average Bonchev–Trinajstić information content (AvgIpc) is 3.59. The lowest BCUT2D eigenvalue weighted by Gasteiger charge is -2.23. The van der Waals surface area contributed by atoms with Crippen molar-refractivity contribution >= 4 is 22.5 Å². The molecular weight excluding hydrogens is 471 g/mol. The molecule has 186 valence electrons. The number of hydrogen-bond donors (Lipinski definition) is 1. The van der Waals surface area contributed by atoms with E-state index in [4.69, 9.17) is 4.74 Å². The van der Waals surface area contributed by atoms with Crippen LogP contribution < -0.4 is 5.32 Å². The van der Waals surface area contributed by atoms with Gasteiger partial charge in [0.25, 0.3) is 0 Å². The topological polar surface area (TPSA) is 92.8 Å². The van der Waals surface area contributed by atoms with Crippen molar-refractivity contribution in [3.05, 3.63) is 64.9 Å². The van der Waals surface area contributed by atoms with E-state index in [-0.39, 0.29) is 34.4 Å². The van der Waals surface area contributed by atoms with E-state index in [1.807, 2.05) is 0 Å². The van der Waals surface area contributed by atoms with Crippen LogP contribution in [0.1, 0.15) is 60.8 Å². The molecule has 36 heavy (non-hydrogen) atoms. The molecule has 1 amide bonds. The van der Waals surface area contributed by atoms with Crippen molar-refractivity contribution in [3.63, 3.8) is 0 Å². The first kappa shape index (κ1) is 24.0. The summed E-state index contributed by atoms with van der Waals surface area (Å²) in [6, 6.07) is 5.55. The lowest BCUT2D eigenvalue weighted by Crippen LogP contribution is -2.20. The van der Waals surface area contributed by atoms with E-state index in [9.17, 15) is 18.8 Å². The molecule has 1 saturated carbocycles. The van der Waals surface area contributed by atoms with Gasteiger partial charge in [0.1, 0.15) is 10.9 Å². The molecule has 1 atom stereocenters. The number of benzene rings is 1. The Morgan fingerprint density at radius 3 is 2.75 bits per heavy atom. The number of rotatable bonds is 6. The van der Waals surface area contributed by atoms with E-state index < -0.39 is 35.1 Å². The normalized spacial score (nSPS) is 18.6. The van der Waals surface area contributed by atoms with Gasteiger partial charge in [-0.15, -0.1) is 0 Å². The van der Waals surface area contributed by atoms with Crippen LogP contribution in [0, 0.1) is 35.8 Å². The summed E-state index contributed by atoms with van der Waals surface area (Å²) in [4.78, 5) is 15.6. The van der Waals surface area contributed by atoms with Gasteiger partial charge in [-0.05, 0) is 50.7 Å². The van der Waals surface area contributed by atoms with E-state index in [0.29, 0.717) is 36.9 Å². The Morgan fingerprint density at radius 1 is 1.33 bits per heavy atom. The number of halogens is 3. The zero-order valence-corrected chi connectivity index (χ0v) is 19.7. The minimum absolute atomic E-state index is 0.0317. The van der Waals surface area contributed by atoms with Gasteiger partial charge < -0.3 is 10.1 Å². The van der Waals surface area contributed by atoms with Crippen molar-refractivity contribution in [2.45, 2.75) is 57.1 Å². The maximum absolute atomic E-state index is 16.1. The summed E-state index contributed by atoms with van der Waals surface area (Å²) in [6.07, 6.45) is 4.05. The van der Waals surface area contributed by atoms with E-state index in [1.165, 1.54) is 17.7 Å². The summed E-state index contributed by atoms with van der Waals surface area (Å²) in [7, 11) is 0. The highest BCUT2D eigenvalue weighted by Crippen LogP contribution is 2.50. The van der Waals surface area contributed by atoms with Gasteiger partial charge in [-0.2, -0.15) is 14.8 Å². The van der Waals surface area contributed by atoms with Gasteiger partial charge in [0.2, 0.25) is 11.9 Å². The molecule has 1 saturated heterocycles. The standard InChI is InChI=1S/C26H24F3N5O2/c1-3-18(35)32-22-14(2)20(27)25(29)31-17(22)12-15-7-8-16-23(21(15)28)34(19-6-4-5-11-36-19)33-24(16)26(13-30)9-10-26/h3,7-8,19H,1,4-6,9-12H2,2H3,(H,32,35). The van der Waals surface area contributed by atoms with Crippen LogP contribution in [0.4, 0.5) is 18.9 Å². The maximum atomic E-state index is 16.1. The summed E-state index contributed by atoms with van der Waals surface area (Å²) >= 11 is 0. The van der Waals surface area contributed by atoms with E-state index in [2.05, 4.69) is 28.0 Å². The molecule has 1 aliphatic heterocycles. The molecule has 0 spiro atoms. The van der Waals surface area contributed by atoms with Crippen LogP contribution in [0.2, 0.25) is 0 Å². The molecule has 3 aromatic rings. The highest BCUT2D eigenvalue weighted by molar-refractivity contribution is 5.99. The van der Waals surface area contributed by atoms with Gasteiger partial charge in [0, 0.05) is 24.0 Å². The van der Waals surface area contributed by atoms with Crippen LogP contribution in [0.25, 0.3) is 10.9 Å². The third-order valence-corrected chi connectivity index (χ3v) is 6.93. The number of nitrogens with zero attached hydrogens (tertiary/aromatic N) is 4. The Kier molecular flexibility index (Phi) is 6.04. The molecule has 1 aliphatic carbocycles. The quantitative estimate of drug-likeness (QED) is 0.378. The number of hydrogen-bond acceptors (Lipinski definition) is 5. The van der Waals surface area contributed by atoms with Gasteiger partial charge in [0.15, 0.2) is 17.9 Å². The van der Waals surface area contributed by atoms with Crippen molar-refractivity contribution in [1.29, 1.82) is 5.26 Å². The van der Waals surface area contributed by atoms with Crippen LogP contribution in [-0.2, 0) is 21.4 Å². The van der Waals surface area contributed by atoms with Gasteiger partial charge in [-0.25, -0.2) is 18.4 Å². The molecule has 7 nitrogen and oxygen atoms in total. The number of nitrogens with one attached hydrogen (secondary N) is 1. The van der Waals surface area contributed by atoms with Crippen molar-refractivity contribution in [1.82, 2.24) is 14.8 Å². The van der Waals surface area contributed by atoms with Crippen molar-refractivity contribution < 1.29 is 22.7 Å². The predicted octanol–water partition coefficient (Wildman–Crippen LogP) is 5.13. The molecule has 0 radical (unpaired) electrons. The Morgan fingerprint density at radius 2 is 2.11 bits per heavy atom. The fraction of sp³-hybridized carbons (Fsp3) is 0.385. The molecule has 0 bridgehead atoms. The number of fused-ring (bicyclic) bond motifs is 1. The fourth-order valence-electron chi connectivity index (χ4n) is 4.73. The Balaban J connectivity index is 1.64. The monoisotopic (exact) mass is 495 g/mol. The minimum atomic E-state index is -1.34. The van der Waals surface area contributed by atoms with Crippen LogP contribution in [0.15, 0.2) is 24.8 Å². The van der Waals surface area contributed by atoms with Gasteiger partial charge >= 0.3 is 0 Å². The molecule has 5 rings (SSSR count). The van der Waals surface area contributed by atoms with Crippen molar-refractivity contribution in [3.8, 4) is 6.07 Å². The highest BCUT2D eigenvalue weighted by atomic mass is 19.2. The maximum Gasteiger partial charge on any atom is 0.249 e. The Labute approximate surface area is 205 Å². The molecule has 1 N–H and O–H groups in total. The first-order valence-electron chi connectivity index (χ1n) is 11.8. The van der Waals surface area contributed by atoms with Gasteiger partial charge in [0.05, 0.1) is 23.1 Å². The fourth-order valence-corrected chi connectivity index (χ4v) is 4.73. The molecule has 10 heteroatoms. The van der Waals surface area contributed by atoms with Crippen LogP contribution in [0.3, 0.4) is 0 Å². The molecule has 1 unspecified atom stereocenters. The number of carbonyl (C=O) groups is 1. The zero-order valence-electron chi connectivity index (χ0n) is 19.7. The van der Waals surface area contributed by atoms with Crippen LogP contribution >= 0.6 is 0 Å². The Bertz CT molecular complexity index is 1430. The summed E-state index contributed by atoms with van der Waals surface area (Å²) < 4.78 is 52.0. The number of nitriles is 1. The number of carbonyl (C=O) groups excluding carboxylic acids is 1. The zero-order chi connectivity index (χ0) is 25.6. The van der Waals surface area contributed by atoms with Crippen LogP contribution in [0.5, 0.6) is 0 Å². The Hall–Kier alpha value is -3.71. The second kappa shape index (κ2) is 9.06. The number of amides is 1. The van der Waals surface area contributed by atoms with Crippen molar-refractivity contribution in [2.75, 3.05) is 11.9 Å². The molecular formula is C26H24F3N5O2. The second-order valence-corrected chi connectivity index (χ2v) is 9.28. The first-order chi connectivity index (χ1) is 17.3. The van der Waals surface area contributed by atoms with E-state index >= 15 is 4.39 Å². The van der Waals surface area contributed by atoms with E-state index in [0.717, 1.165) is 18.9 Å². The SMILES string of the molecule is C=CC(=O)Nc1c(Cc2ccc3c(C4(C#N)CC4)nn(C4CCCCO4)c3c2F)nc(F)c(F)c1C. The highest BCUT2D eigenvalue weighted by Gasteiger charge is 2.49. The number of anilines is 1. The third-order valence-electron chi connectivity index (χ3n) is 6.93. The number of pyridine rings is 1. The minimum Gasteiger partial charge on any atom is -0.356 e. The lowest BCUT2D eigenvalue weighted by atomic mass is 9.98. The molecule has 3 heterocycles. The molecule has 1 aromatic carbocycles. The lowest BCUT2D eigenvalue weighted by molar-refractivity contribution is -0.111. The third kappa shape index (κ3) is 3.93. The molecule has 2 aromatic heterocycles. The summed E-state index contributed by atoms with van der Waals surface area (Å²) in [5.41, 5.74) is -0.0818. The van der Waals surface area contributed by atoms with Gasteiger partial charge in [-0.1, -0.05) is 18.7 Å². The summed E-state index contributed by atoms with van der Waals surface area (Å²) in [6.45, 7) is 5.20. The summed E-state index contributed by atoms with van der Waals surface area (Å²) in [5, 5.41) is 17.4.